The van der Waals surface area contributed by atoms with E-state index in [1.165, 1.54) is 36.4 Å². The molecule has 0 atom stereocenters. The molecule has 0 aliphatic rings. The maximum atomic E-state index is 10.1. The normalized spacial score (nSPS) is 8.60. The van der Waals surface area contributed by atoms with Crippen LogP contribution in [-0.2, 0) is 0 Å². The van der Waals surface area contributed by atoms with Gasteiger partial charge >= 0.3 is 37.7 Å². The molecule has 0 fully saturated rings. The molecule has 1 N–H and O–H groups in total. The van der Waals surface area contributed by atoms with Crippen LogP contribution in [0.25, 0.3) is 0 Å². The molecular weight excluding hydrogens is 288 g/mol. The van der Waals surface area contributed by atoms with Crippen molar-refractivity contribution in [3.8, 4) is 5.75 Å². The van der Waals surface area contributed by atoms with E-state index in [4.69, 9.17) is 5.11 Å². The summed E-state index contributed by atoms with van der Waals surface area (Å²) in [6.45, 7) is 0. The molecule has 5 nitrogen and oxygen atoms in total. The van der Waals surface area contributed by atoms with Crippen LogP contribution >= 0.6 is 0 Å². The topological polar surface area (TPSA) is 100 Å². The number of hydrogen-bond donors (Lipinski definition) is 1. The first-order chi connectivity index (χ1) is 9.00. The molecule has 0 bridgehead atoms. The standard InChI is InChI=1S/C7H6O3.C7H6O2.Ca/c8-6-3-1-5(2-4-6)7(9)10;8-7(9)6-4-2-1-3-5-6;/h1-4,8H,(H,9,10);1-5H,(H,8,9);/q;;+2/p-2. The van der Waals surface area contributed by atoms with E-state index < -0.39 is 11.9 Å². The summed E-state index contributed by atoms with van der Waals surface area (Å²) in [5.41, 5.74) is 0.287. The average Bonchev–Trinajstić information content (AvgIpc) is 2.41. The van der Waals surface area contributed by atoms with Crippen molar-refractivity contribution in [2.45, 2.75) is 0 Å². The van der Waals surface area contributed by atoms with E-state index in [2.05, 4.69) is 0 Å². The third-order valence-corrected chi connectivity index (χ3v) is 2.11. The Morgan fingerprint density at radius 2 is 1.15 bits per heavy atom. The molecule has 2 rings (SSSR count). The molecule has 0 heterocycles. The van der Waals surface area contributed by atoms with Gasteiger partial charge < -0.3 is 24.9 Å². The minimum Gasteiger partial charge on any atom is -0.545 e. The Hall–Kier alpha value is -1.56. The van der Waals surface area contributed by atoms with Gasteiger partial charge in [0.25, 0.3) is 0 Å². The molecule has 20 heavy (non-hydrogen) atoms. The second-order valence-electron chi connectivity index (χ2n) is 3.49. The number of carboxylic acids is 2. The number of carbonyl (C=O) groups excluding carboxylic acids is 2. The van der Waals surface area contributed by atoms with Crippen molar-refractivity contribution in [3.05, 3.63) is 65.7 Å². The summed E-state index contributed by atoms with van der Waals surface area (Å²) < 4.78 is 0. The van der Waals surface area contributed by atoms with E-state index in [1.54, 1.807) is 18.2 Å². The fourth-order valence-electron chi connectivity index (χ4n) is 1.17. The molecule has 0 aliphatic carbocycles. The number of carboxylic acid groups (broad SMARTS) is 2. The van der Waals surface area contributed by atoms with E-state index in [-0.39, 0.29) is 54.6 Å². The van der Waals surface area contributed by atoms with Crippen molar-refractivity contribution in [1.82, 2.24) is 0 Å². The number of phenolic OH excluding ortho intramolecular Hbond substituents is 1. The molecule has 0 aliphatic heterocycles. The van der Waals surface area contributed by atoms with Gasteiger partial charge in [0.15, 0.2) is 0 Å². The van der Waals surface area contributed by atoms with E-state index in [1.807, 2.05) is 0 Å². The molecule has 2 aromatic rings. The summed E-state index contributed by atoms with van der Waals surface area (Å²) >= 11 is 0. The maximum absolute atomic E-state index is 10.1. The molecule has 98 valence electrons. The van der Waals surface area contributed by atoms with Gasteiger partial charge in [-0.1, -0.05) is 30.3 Å². The van der Waals surface area contributed by atoms with Crippen molar-refractivity contribution in [1.29, 1.82) is 0 Å². The number of benzene rings is 2. The van der Waals surface area contributed by atoms with Gasteiger partial charge in [-0.15, -0.1) is 0 Å². The largest absolute Gasteiger partial charge is 2.00 e. The maximum Gasteiger partial charge on any atom is 2.00 e. The van der Waals surface area contributed by atoms with Crippen molar-refractivity contribution in [2.75, 3.05) is 0 Å². The molecule has 0 radical (unpaired) electrons. The van der Waals surface area contributed by atoms with Crippen LogP contribution in [0, 0.1) is 0 Å². The summed E-state index contributed by atoms with van der Waals surface area (Å²) in [5, 5.41) is 28.9. The molecule has 2 aromatic carbocycles. The van der Waals surface area contributed by atoms with E-state index in [0.29, 0.717) is 0 Å². The predicted octanol–water partition coefficient (Wildman–Crippen LogP) is -0.575. The van der Waals surface area contributed by atoms with Gasteiger partial charge in [-0.05, 0) is 35.4 Å². The fourth-order valence-corrected chi connectivity index (χ4v) is 1.17. The minimum atomic E-state index is -1.24. The van der Waals surface area contributed by atoms with Crippen molar-refractivity contribution < 1.29 is 24.9 Å². The monoisotopic (exact) mass is 298 g/mol. The molecule has 0 aromatic heterocycles. The summed E-state index contributed by atoms with van der Waals surface area (Å²) in [7, 11) is 0. The Bertz CT molecular complexity index is 552. The van der Waals surface area contributed by atoms with Crippen LogP contribution in [0.4, 0.5) is 0 Å². The van der Waals surface area contributed by atoms with E-state index in [0.717, 1.165) is 0 Å². The number of aromatic carboxylic acids is 2. The van der Waals surface area contributed by atoms with Crippen LogP contribution in [0.2, 0.25) is 0 Å². The number of carbonyl (C=O) groups is 2. The van der Waals surface area contributed by atoms with Crippen molar-refractivity contribution in [3.63, 3.8) is 0 Å². The second-order valence-corrected chi connectivity index (χ2v) is 3.49. The summed E-state index contributed by atoms with van der Waals surface area (Å²) in [6, 6.07) is 13.2. The average molecular weight is 298 g/mol. The molecule has 0 spiro atoms. The zero-order valence-corrected chi connectivity index (χ0v) is 12.7. The minimum absolute atomic E-state index is 0. The van der Waals surface area contributed by atoms with Crippen LogP contribution in [-0.4, -0.2) is 54.8 Å². The van der Waals surface area contributed by atoms with Gasteiger partial charge in [0.2, 0.25) is 0 Å². The smallest absolute Gasteiger partial charge is 0.545 e. The first kappa shape index (κ1) is 18.4. The van der Waals surface area contributed by atoms with E-state index in [9.17, 15) is 19.8 Å². The number of rotatable bonds is 2. The SMILES string of the molecule is O=C([O-])c1ccc(O)cc1.O=C([O-])c1ccccc1.[Ca+2]. The van der Waals surface area contributed by atoms with Crippen molar-refractivity contribution in [2.24, 2.45) is 0 Å². The summed E-state index contributed by atoms with van der Waals surface area (Å²) in [6.07, 6.45) is 0. The summed E-state index contributed by atoms with van der Waals surface area (Å²) in [4.78, 5) is 20.2. The Morgan fingerprint density at radius 1 is 0.750 bits per heavy atom. The van der Waals surface area contributed by atoms with Crippen LogP contribution in [0.3, 0.4) is 0 Å². The van der Waals surface area contributed by atoms with Crippen LogP contribution < -0.4 is 10.2 Å². The van der Waals surface area contributed by atoms with Gasteiger partial charge in [0.05, 0.1) is 11.9 Å². The third-order valence-electron chi connectivity index (χ3n) is 2.11. The van der Waals surface area contributed by atoms with Crippen LogP contribution in [0.15, 0.2) is 54.6 Å². The van der Waals surface area contributed by atoms with Gasteiger partial charge in [0.1, 0.15) is 5.75 Å². The third kappa shape index (κ3) is 6.56. The van der Waals surface area contributed by atoms with Gasteiger partial charge in [-0.2, -0.15) is 0 Å². The van der Waals surface area contributed by atoms with Crippen LogP contribution in [0.1, 0.15) is 20.7 Å². The number of hydrogen-bond acceptors (Lipinski definition) is 5. The van der Waals surface area contributed by atoms with E-state index >= 15 is 0 Å². The molecule has 6 heteroatoms. The molecule has 0 saturated carbocycles. The predicted molar refractivity (Wildman–Crippen MR) is 69.0 cm³/mol. The quantitative estimate of drug-likeness (QED) is 0.748. The second kappa shape index (κ2) is 9.36. The molecule has 0 saturated heterocycles. The fraction of sp³-hybridized carbons (Fsp3) is 0. The first-order valence-corrected chi connectivity index (χ1v) is 5.27. The van der Waals surface area contributed by atoms with Gasteiger partial charge in [0, 0.05) is 0 Å². The van der Waals surface area contributed by atoms with Crippen molar-refractivity contribution >= 4 is 49.7 Å². The molecule has 0 amide bonds. The van der Waals surface area contributed by atoms with Crippen LogP contribution in [0.5, 0.6) is 5.75 Å². The Morgan fingerprint density at radius 3 is 1.50 bits per heavy atom. The Labute approximate surface area is 145 Å². The number of aromatic hydroxyl groups is 1. The van der Waals surface area contributed by atoms with Gasteiger partial charge in [-0.25, -0.2) is 0 Å². The Balaban J connectivity index is 0.000000345. The summed E-state index contributed by atoms with van der Waals surface area (Å²) in [5.74, 6) is -2.32. The first-order valence-electron chi connectivity index (χ1n) is 5.27. The zero-order chi connectivity index (χ0) is 14.3. The number of phenols is 1. The molecular formula is C14H10CaO5. The van der Waals surface area contributed by atoms with Gasteiger partial charge in [-0.3, -0.25) is 0 Å². The molecule has 0 unspecified atom stereocenters. The Kier molecular flexibility index (Phi) is 8.63. The zero-order valence-electron chi connectivity index (χ0n) is 10.5.